The summed E-state index contributed by atoms with van der Waals surface area (Å²) in [6.07, 6.45) is 0.707. The lowest BCUT2D eigenvalue weighted by Gasteiger charge is -2.25. The lowest BCUT2D eigenvalue weighted by atomic mass is 10.1. The maximum absolute atomic E-state index is 12.3. The van der Waals surface area contributed by atoms with Gasteiger partial charge in [-0.3, -0.25) is 4.79 Å². The van der Waals surface area contributed by atoms with Crippen LogP contribution in [0.1, 0.15) is 18.5 Å². The molecule has 5 heteroatoms. The first-order chi connectivity index (χ1) is 10.5. The maximum Gasteiger partial charge on any atom is 0.210 e. The van der Waals surface area contributed by atoms with Crippen molar-refractivity contribution in [3.05, 3.63) is 66.2 Å². The molecule has 22 heavy (non-hydrogen) atoms. The summed E-state index contributed by atoms with van der Waals surface area (Å²) in [7, 11) is -3.38. The number of rotatable bonds is 7. The standard InChI is InChI=1S/C17H19NO3S/c1-15(16-8-4-2-5-9-16)18(14-19)12-13-22(20,21)17-10-6-3-7-11-17/h2-11,14-15H,12-13H2,1H3. The lowest BCUT2D eigenvalue weighted by molar-refractivity contribution is -0.119. The van der Waals surface area contributed by atoms with Gasteiger partial charge in [-0.25, -0.2) is 8.42 Å². The second kappa shape index (κ2) is 7.22. The molecule has 0 bridgehead atoms. The Kier molecular flexibility index (Phi) is 5.33. The SMILES string of the molecule is CC(c1ccccc1)N(C=O)CCS(=O)(=O)c1ccccc1. The number of hydrogen-bond acceptors (Lipinski definition) is 3. The predicted molar refractivity (Wildman–Crippen MR) is 86.1 cm³/mol. The number of carbonyl (C=O) groups excluding carboxylic acids is 1. The van der Waals surface area contributed by atoms with Crippen molar-refractivity contribution < 1.29 is 13.2 Å². The minimum Gasteiger partial charge on any atom is -0.337 e. The molecule has 2 rings (SSSR count). The molecule has 1 amide bonds. The van der Waals surface area contributed by atoms with Crippen molar-refractivity contribution in [1.29, 1.82) is 0 Å². The summed E-state index contributed by atoms with van der Waals surface area (Å²) in [5.41, 5.74) is 0.978. The highest BCUT2D eigenvalue weighted by atomic mass is 32.2. The Bertz CT molecular complexity index is 699. The molecule has 1 atom stereocenters. The van der Waals surface area contributed by atoms with Gasteiger partial charge in [0.1, 0.15) is 0 Å². The van der Waals surface area contributed by atoms with Crippen LogP contribution in [-0.2, 0) is 14.6 Å². The molecule has 0 N–H and O–H groups in total. The van der Waals surface area contributed by atoms with Gasteiger partial charge in [0.25, 0.3) is 0 Å². The molecular formula is C17H19NO3S. The van der Waals surface area contributed by atoms with E-state index in [0.29, 0.717) is 6.41 Å². The van der Waals surface area contributed by atoms with Gasteiger partial charge in [0, 0.05) is 6.54 Å². The number of carbonyl (C=O) groups is 1. The molecule has 2 aromatic carbocycles. The first kappa shape index (κ1) is 16.2. The van der Waals surface area contributed by atoms with Crippen LogP contribution in [0, 0.1) is 0 Å². The molecule has 0 aliphatic rings. The van der Waals surface area contributed by atoms with Gasteiger partial charge in [-0.05, 0) is 24.6 Å². The van der Waals surface area contributed by atoms with Crippen molar-refractivity contribution in [1.82, 2.24) is 4.90 Å². The van der Waals surface area contributed by atoms with E-state index in [1.165, 1.54) is 4.90 Å². The highest BCUT2D eigenvalue weighted by Gasteiger charge is 2.19. The molecule has 0 heterocycles. The highest BCUT2D eigenvalue weighted by Crippen LogP contribution is 2.19. The van der Waals surface area contributed by atoms with Crippen LogP contribution < -0.4 is 0 Å². The largest absolute Gasteiger partial charge is 0.337 e. The summed E-state index contributed by atoms with van der Waals surface area (Å²) in [4.78, 5) is 13.1. The molecule has 0 saturated carbocycles. The Labute approximate surface area is 131 Å². The summed E-state index contributed by atoms with van der Waals surface area (Å²) in [5, 5.41) is 0. The molecule has 0 fully saturated rings. The zero-order valence-electron chi connectivity index (χ0n) is 12.4. The number of amides is 1. The summed E-state index contributed by atoms with van der Waals surface area (Å²) < 4.78 is 24.5. The van der Waals surface area contributed by atoms with Gasteiger partial charge in [0.05, 0.1) is 16.7 Å². The van der Waals surface area contributed by atoms with E-state index in [0.717, 1.165) is 5.56 Å². The fourth-order valence-electron chi connectivity index (χ4n) is 2.23. The molecule has 0 spiro atoms. The van der Waals surface area contributed by atoms with Crippen molar-refractivity contribution in [2.24, 2.45) is 0 Å². The lowest BCUT2D eigenvalue weighted by Crippen LogP contribution is -2.30. The van der Waals surface area contributed by atoms with Crippen molar-refractivity contribution in [2.75, 3.05) is 12.3 Å². The predicted octanol–water partition coefficient (Wildman–Crippen LogP) is 2.68. The second-order valence-corrected chi connectivity index (χ2v) is 7.17. The molecule has 4 nitrogen and oxygen atoms in total. The van der Waals surface area contributed by atoms with E-state index in [1.807, 2.05) is 37.3 Å². The van der Waals surface area contributed by atoms with Crippen LogP contribution >= 0.6 is 0 Å². The van der Waals surface area contributed by atoms with Gasteiger partial charge in [0.15, 0.2) is 9.84 Å². The monoisotopic (exact) mass is 317 g/mol. The van der Waals surface area contributed by atoms with Gasteiger partial charge in [0.2, 0.25) is 6.41 Å². The number of sulfone groups is 1. The Morgan fingerprint density at radius 2 is 1.55 bits per heavy atom. The van der Waals surface area contributed by atoms with Gasteiger partial charge >= 0.3 is 0 Å². The minimum absolute atomic E-state index is 0.0904. The molecule has 0 aromatic heterocycles. The van der Waals surface area contributed by atoms with E-state index >= 15 is 0 Å². The third-order valence-electron chi connectivity index (χ3n) is 3.64. The van der Waals surface area contributed by atoms with Gasteiger partial charge in [-0.15, -0.1) is 0 Å². The topological polar surface area (TPSA) is 54.5 Å². The van der Waals surface area contributed by atoms with Crippen LogP contribution in [0.2, 0.25) is 0 Å². The van der Waals surface area contributed by atoms with Crippen LogP contribution in [0.4, 0.5) is 0 Å². The second-order valence-electron chi connectivity index (χ2n) is 5.06. The molecule has 0 aliphatic heterocycles. The first-order valence-electron chi connectivity index (χ1n) is 7.08. The van der Waals surface area contributed by atoms with Gasteiger partial charge < -0.3 is 4.90 Å². The average Bonchev–Trinajstić information content (AvgIpc) is 2.57. The Morgan fingerprint density at radius 3 is 2.09 bits per heavy atom. The van der Waals surface area contributed by atoms with Crippen molar-refractivity contribution >= 4 is 16.2 Å². The van der Waals surface area contributed by atoms with Crippen LogP contribution in [0.15, 0.2) is 65.6 Å². The fourth-order valence-corrected chi connectivity index (χ4v) is 3.49. The molecule has 1 unspecified atom stereocenters. The third-order valence-corrected chi connectivity index (χ3v) is 5.35. The van der Waals surface area contributed by atoms with Crippen molar-refractivity contribution in [3.8, 4) is 0 Å². The molecule has 0 aliphatic carbocycles. The Hall–Kier alpha value is -2.14. The highest BCUT2D eigenvalue weighted by molar-refractivity contribution is 7.91. The minimum atomic E-state index is -3.38. The van der Waals surface area contributed by atoms with Crippen LogP contribution in [0.3, 0.4) is 0 Å². The summed E-state index contributed by atoms with van der Waals surface area (Å²) in [6.45, 7) is 2.05. The molecule has 116 valence electrons. The summed E-state index contributed by atoms with van der Waals surface area (Å²) >= 11 is 0. The van der Waals surface area contributed by atoms with E-state index in [-0.39, 0.29) is 23.2 Å². The van der Waals surface area contributed by atoms with Crippen LogP contribution in [0.5, 0.6) is 0 Å². The molecule has 0 saturated heterocycles. The third kappa shape index (κ3) is 3.95. The van der Waals surface area contributed by atoms with Crippen LogP contribution in [0.25, 0.3) is 0 Å². The van der Waals surface area contributed by atoms with Crippen LogP contribution in [-0.4, -0.2) is 32.0 Å². The van der Waals surface area contributed by atoms with E-state index in [2.05, 4.69) is 0 Å². The molecule has 2 aromatic rings. The number of benzene rings is 2. The molecular weight excluding hydrogens is 298 g/mol. The summed E-state index contributed by atoms with van der Waals surface area (Å²) in [6, 6.07) is 17.7. The van der Waals surface area contributed by atoms with Gasteiger partial charge in [-0.1, -0.05) is 48.5 Å². The van der Waals surface area contributed by atoms with E-state index in [9.17, 15) is 13.2 Å². The van der Waals surface area contributed by atoms with Crippen molar-refractivity contribution in [2.45, 2.75) is 17.9 Å². The fraction of sp³-hybridized carbons (Fsp3) is 0.235. The van der Waals surface area contributed by atoms with Gasteiger partial charge in [-0.2, -0.15) is 0 Å². The zero-order valence-corrected chi connectivity index (χ0v) is 13.2. The van der Waals surface area contributed by atoms with E-state index in [4.69, 9.17) is 0 Å². The van der Waals surface area contributed by atoms with E-state index in [1.54, 1.807) is 30.3 Å². The number of nitrogens with zero attached hydrogens (tertiary/aromatic N) is 1. The Balaban J connectivity index is 2.07. The quantitative estimate of drug-likeness (QED) is 0.738. The smallest absolute Gasteiger partial charge is 0.210 e. The zero-order chi connectivity index (χ0) is 16.0. The first-order valence-corrected chi connectivity index (χ1v) is 8.73. The molecule has 0 radical (unpaired) electrons. The normalized spacial score (nSPS) is 12.6. The maximum atomic E-state index is 12.3. The average molecular weight is 317 g/mol. The van der Waals surface area contributed by atoms with Crippen molar-refractivity contribution in [3.63, 3.8) is 0 Å². The number of hydrogen-bond donors (Lipinski definition) is 0. The van der Waals surface area contributed by atoms with E-state index < -0.39 is 9.84 Å². The Morgan fingerprint density at radius 1 is 1.00 bits per heavy atom. The summed E-state index contributed by atoms with van der Waals surface area (Å²) in [5.74, 6) is -0.0904.